The fraction of sp³-hybridized carbons (Fsp3) is 0.632. The van der Waals surface area contributed by atoms with E-state index in [0.29, 0.717) is 0 Å². The van der Waals surface area contributed by atoms with Crippen molar-refractivity contribution < 1.29 is 4.74 Å². The number of nitrogens with zero attached hydrogens (tertiary/aromatic N) is 2. The number of halogens is 2. The Morgan fingerprint density at radius 1 is 1.19 bits per heavy atom. The normalized spacial score (nSPS) is 16.1. The number of hydrogen-bond acceptors (Lipinski definition) is 3. The van der Waals surface area contributed by atoms with Crippen LogP contribution >= 0.6 is 35.6 Å². The van der Waals surface area contributed by atoms with Crippen molar-refractivity contribution >= 4 is 41.5 Å². The minimum atomic E-state index is 0. The van der Waals surface area contributed by atoms with Crippen LogP contribution in [-0.4, -0.2) is 62.3 Å². The zero-order valence-corrected chi connectivity index (χ0v) is 19.1. The Morgan fingerprint density at radius 3 is 2.46 bits per heavy atom. The SMILES string of the molecule is CCNC(=NCC(C)(C)N1CCOCC1)NCCc1ccc(Cl)cc1.I. The van der Waals surface area contributed by atoms with Crippen LogP contribution in [-0.2, 0) is 11.2 Å². The van der Waals surface area contributed by atoms with Crippen LogP contribution in [0.4, 0.5) is 0 Å². The fourth-order valence-corrected chi connectivity index (χ4v) is 2.99. The molecule has 1 heterocycles. The molecule has 1 saturated heterocycles. The van der Waals surface area contributed by atoms with Crippen LogP contribution in [0.2, 0.25) is 5.02 Å². The van der Waals surface area contributed by atoms with E-state index >= 15 is 0 Å². The number of morpholine rings is 1. The molecule has 1 aromatic carbocycles. The zero-order chi connectivity index (χ0) is 18.1. The number of aliphatic imine (C=N–C) groups is 1. The van der Waals surface area contributed by atoms with E-state index in [1.165, 1.54) is 5.56 Å². The largest absolute Gasteiger partial charge is 0.379 e. The molecule has 0 radical (unpaired) electrons. The van der Waals surface area contributed by atoms with E-state index < -0.39 is 0 Å². The maximum absolute atomic E-state index is 5.93. The first-order valence-corrected chi connectivity index (χ1v) is 9.48. The molecule has 0 saturated carbocycles. The summed E-state index contributed by atoms with van der Waals surface area (Å²) in [6.45, 7) is 12.6. The van der Waals surface area contributed by atoms with Crippen molar-refractivity contribution in [3.8, 4) is 0 Å². The highest BCUT2D eigenvalue weighted by Crippen LogP contribution is 2.16. The summed E-state index contributed by atoms with van der Waals surface area (Å²) in [5.41, 5.74) is 1.30. The molecule has 26 heavy (non-hydrogen) atoms. The quantitative estimate of drug-likeness (QED) is 0.347. The fourth-order valence-electron chi connectivity index (χ4n) is 2.86. The summed E-state index contributed by atoms with van der Waals surface area (Å²) in [7, 11) is 0. The smallest absolute Gasteiger partial charge is 0.191 e. The Kier molecular flexibility index (Phi) is 10.8. The molecule has 2 rings (SSSR count). The highest BCUT2D eigenvalue weighted by molar-refractivity contribution is 14.0. The van der Waals surface area contributed by atoms with Crippen molar-refractivity contribution in [1.82, 2.24) is 15.5 Å². The van der Waals surface area contributed by atoms with Gasteiger partial charge in [0.1, 0.15) is 0 Å². The van der Waals surface area contributed by atoms with Gasteiger partial charge in [-0.15, -0.1) is 24.0 Å². The summed E-state index contributed by atoms with van der Waals surface area (Å²) < 4.78 is 5.45. The molecule has 0 amide bonds. The Bertz CT molecular complexity index is 545. The van der Waals surface area contributed by atoms with Crippen LogP contribution in [0.15, 0.2) is 29.3 Å². The van der Waals surface area contributed by atoms with Crippen molar-refractivity contribution in [2.75, 3.05) is 45.9 Å². The number of benzene rings is 1. The molecule has 0 unspecified atom stereocenters. The summed E-state index contributed by atoms with van der Waals surface area (Å²) in [5.74, 6) is 0.873. The third kappa shape index (κ3) is 7.98. The van der Waals surface area contributed by atoms with Gasteiger partial charge in [-0.05, 0) is 44.9 Å². The van der Waals surface area contributed by atoms with Crippen LogP contribution in [0.25, 0.3) is 0 Å². The van der Waals surface area contributed by atoms with Gasteiger partial charge in [0.2, 0.25) is 0 Å². The van der Waals surface area contributed by atoms with E-state index in [4.69, 9.17) is 21.3 Å². The van der Waals surface area contributed by atoms with Gasteiger partial charge in [0, 0.05) is 36.7 Å². The molecule has 1 aliphatic heterocycles. The summed E-state index contributed by atoms with van der Waals surface area (Å²) in [6, 6.07) is 7.99. The van der Waals surface area contributed by atoms with Crippen LogP contribution in [0.3, 0.4) is 0 Å². The molecule has 0 aliphatic carbocycles. The Balaban J connectivity index is 0.00000338. The molecule has 1 fully saturated rings. The first-order valence-electron chi connectivity index (χ1n) is 9.10. The number of hydrogen-bond donors (Lipinski definition) is 2. The van der Waals surface area contributed by atoms with Gasteiger partial charge in [-0.25, -0.2) is 0 Å². The second-order valence-corrected chi connectivity index (χ2v) is 7.35. The number of guanidine groups is 1. The van der Waals surface area contributed by atoms with Gasteiger partial charge in [0.05, 0.1) is 19.8 Å². The Morgan fingerprint density at radius 2 is 1.85 bits per heavy atom. The van der Waals surface area contributed by atoms with Crippen LogP contribution in [0.1, 0.15) is 26.3 Å². The third-order valence-corrected chi connectivity index (χ3v) is 4.71. The van der Waals surface area contributed by atoms with Gasteiger partial charge >= 0.3 is 0 Å². The monoisotopic (exact) mass is 494 g/mol. The standard InChI is InChI=1S/C19H31ClN4O.HI/c1-4-21-18(22-10-9-16-5-7-17(20)8-6-16)23-15-19(2,3)24-11-13-25-14-12-24;/h5-8H,4,9-15H2,1-3H3,(H2,21,22,23);1H. The molecule has 0 spiro atoms. The van der Waals surface area contributed by atoms with Crippen molar-refractivity contribution in [3.05, 3.63) is 34.9 Å². The number of rotatable bonds is 7. The van der Waals surface area contributed by atoms with Gasteiger partial charge in [0.25, 0.3) is 0 Å². The predicted molar refractivity (Wildman–Crippen MR) is 121 cm³/mol. The summed E-state index contributed by atoms with van der Waals surface area (Å²) >= 11 is 5.93. The van der Waals surface area contributed by atoms with E-state index in [9.17, 15) is 0 Å². The second-order valence-electron chi connectivity index (χ2n) is 6.91. The van der Waals surface area contributed by atoms with Crippen LogP contribution < -0.4 is 10.6 Å². The number of ether oxygens (including phenoxy) is 1. The molecule has 7 heteroatoms. The van der Waals surface area contributed by atoms with Crippen LogP contribution in [0.5, 0.6) is 0 Å². The first kappa shape index (κ1) is 23.5. The molecule has 0 aromatic heterocycles. The van der Waals surface area contributed by atoms with Gasteiger partial charge in [-0.2, -0.15) is 0 Å². The topological polar surface area (TPSA) is 48.9 Å². The minimum absolute atomic E-state index is 0. The Labute approximate surface area is 179 Å². The molecule has 2 N–H and O–H groups in total. The van der Waals surface area contributed by atoms with Crippen molar-refractivity contribution in [3.63, 3.8) is 0 Å². The zero-order valence-electron chi connectivity index (χ0n) is 16.1. The summed E-state index contributed by atoms with van der Waals surface area (Å²) in [4.78, 5) is 7.25. The number of nitrogens with one attached hydrogen (secondary N) is 2. The Hall–Kier alpha value is -0.570. The lowest BCUT2D eigenvalue weighted by Gasteiger charge is -2.39. The second kappa shape index (κ2) is 12.0. The summed E-state index contributed by atoms with van der Waals surface area (Å²) in [6.07, 6.45) is 0.939. The third-order valence-electron chi connectivity index (χ3n) is 4.45. The van der Waals surface area contributed by atoms with E-state index in [2.05, 4.69) is 48.4 Å². The molecular formula is C19H32ClIN4O. The van der Waals surface area contributed by atoms with Gasteiger partial charge < -0.3 is 15.4 Å². The van der Waals surface area contributed by atoms with Gasteiger partial charge in [-0.3, -0.25) is 9.89 Å². The van der Waals surface area contributed by atoms with Crippen molar-refractivity contribution in [1.29, 1.82) is 0 Å². The lowest BCUT2D eigenvalue weighted by Crippen LogP contribution is -2.52. The van der Waals surface area contributed by atoms with Crippen LogP contribution in [0, 0.1) is 0 Å². The van der Waals surface area contributed by atoms with Crippen molar-refractivity contribution in [2.45, 2.75) is 32.7 Å². The first-order chi connectivity index (χ1) is 12.0. The molecule has 148 valence electrons. The highest BCUT2D eigenvalue weighted by Gasteiger charge is 2.28. The van der Waals surface area contributed by atoms with E-state index in [1.807, 2.05) is 12.1 Å². The lowest BCUT2D eigenvalue weighted by molar-refractivity contribution is -0.00683. The van der Waals surface area contributed by atoms with Gasteiger partial charge in [-0.1, -0.05) is 23.7 Å². The molecule has 5 nitrogen and oxygen atoms in total. The molecule has 0 bridgehead atoms. The van der Waals surface area contributed by atoms with E-state index in [1.54, 1.807) is 0 Å². The maximum Gasteiger partial charge on any atom is 0.191 e. The molecule has 0 atom stereocenters. The maximum atomic E-state index is 5.93. The van der Waals surface area contributed by atoms with Crippen molar-refractivity contribution in [2.24, 2.45) is 4.99 Å². The van der Waals surface area contributed by atoms with E-state index in [0.717, 1.165) is 63.3 Å². The van der Waals surface area contributed by atoms with E-state index in [-0.39, 0.29) is 29.5 Å². The molecular weight excluding hydrogens is 463 g/mol. The average Bonchev–Trinajstić information content (AvgIpc) is 2.62. The minimum Gasteiger partial charge on any atom is -0.379 e. The highest BCUT2D eigenvalue weighted by atomic mass is 127. The van der Waals surface area contributed by atoms with Gasteiger partial charge in [0.15, 0.2) is 5.96 Å². The molecule has 1 aliphatic rings. The summed E-state index contributed by atoms with van der Waals surface area (Å²) in [5, 5.41) is 7.53. The lowest BCUT2D eigenvalue weighted by atomic mass is 10.0. The average molecular weight is 495 g/mol. The molecule has 1 aromatic rings. The predicted octanol–water partition coefficient (Wildman–Crippen LogP) is 3.17.